The van der Waals surface area contributed by atoms with Crippen LogP contribution >= 0.6 is 0 Å². The summed E-state index contributed by atoms with van der Waals surface area (Å²) in [5, 5.41) is 25.0. The van der Waals surface area contributed by atoms with Crippen molar-refractivity contribution in [3.05, 3.63) is 0 Å². The highest BCUT2D eigenvalue weighted by molar-refractivity contribution is 4.67. The lowest BCUT2D eigenvalue weighted by molar-refractivity contribution is 0.0544. The normalized spacial score (nSPS) is 16.3. The second-order valence-electron chi connectivity index (χ2n) is 4.29. The molecule has 0 rings (SSSR count). The molecule has 0 aliphatic heterocycles. The van der Waals surface area contributed by atoms with E-state index in [1.165, 1.54) is 0 Å². The van der Waals surface area contributed by atoms with Crippen LogP contribution in [0, 0.1) is 0 Å². The Kier molecular flexibility index (Phi) is 7.09. The van der Waals surface area contributed by atoms with E-state index >= 15 is 0 Å². The van der Waals surface area contributed by atoms with E-state index in [0.29, 0.717) is 19.0 Å². The number of rotatable bonds is 7. The van der Waals surface area contributed by atoms with Crippen molar-refractivity contribution in [2.24, 2.45) is 0 Å². The van der Waals surface area contributed by atoms with Crippen LogP contribution < -0.4 is 10.6 Å². The number of aliphatic hydroxyl groups excluding tert-OH is 2. The zero-order valence-corrected chi connectivity index (χ0v) is 9.62. The van der Waals surface area contributed by atoms with Gasteiger partial charge < -0.3 is 15.5 Å². The van der Waals surface area contributed by atoms with E-state index in [0.717, 1.165) is 0 Å². The Hall–Kier alpha value is -0.160. The zero-order valence-electron chi connectivity index (χ0n) is 9.62. The van der Waals surface area contributed by atoms with Gasteiger partial charge in [0.1, 0.15) is 6.23 Å². The van der Waals surface area contributed by atoms with Crippen molar-refractivity contribution in [3.8, 4) is 0 Å². The van der Waals surface area contributed by atoms with Crippen LogP contribution in [0.4, 0.5) is 0 Å². The minimum Gasteiger partial charge on any atom is -0.392 e. The number of hydrogen-bond acceptors (Lipinski definition) is 4. The van der Waals surface area contributed by atoms with Crippen molar-refractivity contribution in [2.75, 3.05) is 6.54 Å². The fourth-order valence-corrected chi connectivity index (χ4v) is 1.17. The third-order valence-electron chi connectivity index (χ3n) is 1.78. The quantitative estimate of drug-likeness (QED) is 0.443. The van der Waals surface area contributed by atoms with E-state index in [9.17, 15) is 10.2 Å². The Morgan fingerprint density at radius 2 is 1.57 bits per heavy atom. The molecule has 0 saturated carbocycles. The number of aliphatic hydroxyl groups is 2. The lowest BCUT2D eigenvalue weighted by Gasteiger charge is -2.20. The molecule has 4 heteroatoms. The van der Waals surface area contributed by atoms with E-state index in [1.54, 1.807) is 0 Å². The standard InChI is InChI=1S/C10H24N2O2/c1-7(2)11-6-9(13)5-10(14)12-8(3)4/h7-14H,5-6H2,1-4H3. The predicted molar refractivity (Wildman–Crippen MR) is 58.0 cm³/mol. The van der Waals surface area contributed by atoms with Gasteiger partial charge in [0.2, 0.25) is 0 Å². The summed E-state index contributed by atoms with van der Waals surface area (Å²) in [5.74, 6) is 0. The van der Waals surface area contributed by atoms with Crippen molar-refractivity contribution in [3.63, 3.8) is 0 Å². The van der Waals surface area contributed by atoms with Crippen molar-refractivity contribution >= 4 is 0 Å². The molecule has 2 unspecified atom stereocenters. The molecule has 4 nitrogen and oxygen atoms in total. The maximum absolute atomic E-state index is 9.52. The van der Waals surface area contributed by atoms with Gasteiger partial charge in [0.25, 0.3) is 0 Å². The summed E-state index contributed by atoms with van der Waals surface area (Å²) in [6.07, 6.45) is -0.768. The molecule has 0 radical (unpaired) electrons. The molecule has 0 aromatic carbocycles. The van der Waals surface area contributed by atoms with Gasteiger partial charge in [0.05, 0.1) is 6.10 Å². The van der Waals surface area contributed by atoms with Gasteiger partial charge in [-0.1, -0.05) is 13.8 Å². The van der Waals surface area contributed by atoms with Crippen molar-refractivity contribution in [1.82, 2.24) is 10.6 Å². The molecule has 2 atom stereocenters. The van der Waals surface area contributed by atoms with Crippen LogP contribution in [-0.2, 0) is 0 Å². The molecule has 0 heterocycles. The van der Waals surface area contributed by atoms with Gasteiger partial charge in [-0.25, -0.2) is 0 Å². The Labute approximate surface area is 86.7 Å². The molecule has 0 fully saturated rings. The SMILES string of the molecule is CC(C)NCC(O)CC(O)NC(C)C. The molecule has 0 aliphatic rings. The molecule has 86 valence electrons. The van der Waals surface area contributed by atoms with Crippen molar-refractivity contribution in [1.29, 1.82) is 0 Å². The van der Waals surface area contributed by atoms with Crippen LogP contribution in [0.1, 0.15) is 34.1 Å². The second kappa shape index (κ2) is 7.17. The minimum atomic E-state index is -0.626. The summed E-state index contributed by atoms with van der Waals surface area (Å²) < 4.78 is 0. The first-order valence-corrected chi connectivity index (χ1v) is 5.27. The summed E-state index contributed by atoms with van der Waals surface area (Å²) >= 11 is 0. The third kappa shape index (κ3) is 8.44. The van der Waals surface area contributed by atoms with Crippen LogP contribution in [0.3, 0.4) is 0 Å². The Bertz CT molecular complexity index is 140. The van der Waals surface area contributed by atoms with Crippen molar-refractivity contribution in [2.45, 2.75) is 58.5 Å². The van der Waals surface area contributed by atoms with E-state index in [4.69, 9.17) is 0 Å². The molecule has 0 aromatic heterocycles. The maximum Gasteiger partial charge on any atom is 0.107 e. The summed E-state index contributed by atoms with van der Waals surface area (Å²) in [6, 6.07) is 0.593. The second-order valence-corrected chi connectivity index (χ2v) is 4.29. The van der Waals surface area contributed by atoms with Gasteiger partial charge in [0, 0.05) is 25.0 Å². The first-order chi connectivity index (χ1) is 6.41. The van der Waals surface area contributed by atoms with E-state index < -0.39 is 12.3 Å². The highest BCUT2D eigenvalue weighted by Crippen LogP contribution is 1.96. The van der Waals surface area contributed by atoms with E-state index in [-0.39, 0.29) is 6.04 Å². The highest BCUT2D eigenvalue weighted by Gasteiger charge is 2.12. The molecule has 4 N–H and O–H groups in total. The van der Waals surface area contributed by atoms with Crippen LogP contribution in [0.2, 0.25) is 0 Å². The largest absolute Gasteiger partial charge is 0.392 e. The average Bonchev–Trinajstić information content (AvgIpc) is 1.98. The zero-order chi connectivity index (χ0) is 11.1. The number of hydrogen-bond donors (Lipinski definition) is 4. The first-order valence-electron chi connectivity index (χ1n) is 5.27. The van der Waals surface area contributed by atoms with Crippen LogP contribution in [0.5, 0.6) is 0 Å². The fourth-order valence-electron chi connectivity index (χ4n) is 1.17. The van der Waals surface area contributed by atoms with Crippen LogP contribution in [-0.4, -0.2) is 41.2 Å². The van der Waals surface area contributed by atoms with Gasteiger partial charge in [0.15, 0.2) is 0 Å². The lowest BCUT2D eigenvalue weighted by Crippen LogP contribution is -2.40. The summed E-state index contributed by atoms with van der Waals surface area (Å²) in [5.41, 5.74) is 0. The predicted octanol–water partition coefficient (Wildman–Crippen LogP) is 0.0518. The highest BCUT2D eigenvalue weighted by atomic mass is 16.3. The molecule has 14 heavy (non-hydrogen) atoms. The topological polar surface area (TPSA) is 64.5 Å². The molecule has 0 bridgehead atoms. The van der Waals surface area contributed by atoms with Gasteiger partial charge >= 0.3 is 0 Å². The molecular formula is C10H24N2O2. The maximum atomic E-state index is 9.52. The molecular weight excluding hydrogens is 180 g/mol. The molecule has 0 saturated heterocycles. The summed E-state index contributed by atoms with van der Waals surface area (Å²) in [4.78, 5) is 0. The minimum absolute atomic E-state index is 0.232. The Morgan fingerprint density at radius 3 is 2.00 bits per heavy atom. The summed E-state index contributed by atoms with van der Waals surface area (Å²) in [7, 11) is 0. The van der Waals surface area contributed by atoms with E-state index in [1.807, 2.05) is 27.7 Å². The Balaban J connectivity index is 3.55. The van der Waals surface area contributed by atoms with Crippen LogP contribution in [0.15, 0.2) is 0 Å². The first kappa shape index (κ1) is 13.8. The average molecular weight is 204 g/mol. The molecule has 0 aliphatic carbocycles. The Morgan fingerprint density at radius 1 is 1.00 bits per heavy atom. The van der Waals surface area contributed by atoms with Gasteiger partial charge in [-0.3, -0.25) is 5.32 Å². The lowest BCUT2D eigenvalue weighted by atomic mass is 10.2. The van der Waals surface area contributed by atoms with Gasteiger partial charge in [-0.2, -0.15) is 0 Å². The number of nitrogens with one attached hydrogen (secondary N) is 2. The van der Waals surface area contributed by atoms with Gasteiger partial charge in [-0.15, -0.1) is 0 Å². The molecule has 0 amide bonds. The van der Waals surface area contributed by atoms with Crippen molar-refractivity contribution < 1.29 is 10.2 Å². The van der Waals surface area contributed by atoms with Gasteiger partial charge in [-0.05, 0) is 13.8 Å². The summed E-state index contributed by atoms with van der Waals surface area (Å²) in [6.45, 7) is 8.49. The molecule has 0 spiro atoms. The van der Waals surface area contributed by atoms with E-state index in [2.05, 4.69) is 10.6 Å². The smallest absolute Gasteiger partial charge is 0.107 e. The molecule has 0 aromatic rings. The van der Waals surface area contributed by atoms with Crippen LogP contribution in [0.25, 0.3) is 0 Å². The monoisotopic (exact) mass is 204 g/mol. The fraction of sp³-hybridized carbons (Fsp3) is 1.00. The third-order valence-corrected chi connectivity index (χ3v) is 1.78.